The molecule has 1 aromatic heterocycles. The zero-order valence-corrected chi connectivity index (χ0v) is 15.4. The molecular formula is C19H21N3O3S. The van der Waals surface area contributed by atoms with E-state index in [1.54, 1.807) is 12.3 Å². The van der Waals surface area contributed by atoms with E-state index in [1.165, 1.54) is 16.7 Å². The molecular weight excluding hydrogens is 350 g/mol. The molecule has 0 atom stereocenters. The second-order valence-corrected chi connectivity index (χ2v) is 6.74. The van der Waals surface area contributed by atoms with Crippen LogP contribution in [-0.2, 0) is 16.0 Å². The number of nitrogens with one attached hydrogen (secondary N) is 1. The van der Waals surface area contributed by atoms with Gasteiger partial charge in [-0.15, -0.1) is 0 Å². The van der Waals surface area contributed by atoms with Crippen molar-refractivity contribution in [2.75, 3.05) is 30.3 Å². The summed E-state index contributed by atoms with van der Waals surface area (Å²) in [4.78, 5) is 30.2. The molecule has 2 amide bonds. The first-order valence-electron chi connectivity index (χ1n) is 8.54. The van der Waals surface area contributed by atoms with E-state index >= 15 is 0 Å². The van der Waals surface area contributed by atoms with Gasteiger partial charge in [-0.3, -0.25) is 14.5 Å². The monoisotopic (exact) mass is 371 g/mol. The van der Waals surface area contributed by atoms with Crippen LogP contribution in [-0.4, -0.2) is 42.2 Å². The Morgan fingerprint density at radius 1 is 1.31 bits per heavy atom. The Kier molecular flexibility index (Phi) is 6.12. The summed E-state index contributed by atoms with van der Waals surface area (Å²) in [5, 5.41) is 3.66. The third-order valence-corrected chi connectivity index (χ3v) is 4.93. The topological polar surface area (TPSA) is 71.5 Å². The van der Waals surface area contributed by atoms with Gasteiger partial charge in [-0.1, -0.05) is 23.9 Å². The molecule has 0 spiro atoms. The Bertz CT molecular complexity index is 780. The predicted octanol–water partition coefficient (Wildman–Crippen LogP) is 2.28. The Morgan fingerprint density at radius 3 is 2.88 bits per heavy atom. The number of nitrogens with zero attached hydrogens (tertiary/aromatic N) is 2. The van der Waals surface area contributed by atoms with Crippen molar-refractivity contribution in [3.05, 3.63) is 48.2 Å². The van der Waals surface area contributed by atoms with Crippen LogP contribution in [0.2, 0.25) is 0 Å². The predicted molar refractivity (Wildman–Crippen MR) is 102 cm³/mol. The van der Waals surface area contributed by atoms with Crippen molar-refractivity contribution in [1.29, 1.82) is 0 Å². The summed E-state index contributed by atoms with van der Waals surface area (Å²) in [5.41, 5.74) is 1.82. The number of thioether (sulfide) groups is 1. The number of hydrogen-bond acceptors (Lipinski definition) is 5. The van der Waals surface area contributed by atoms with Crippen LogP contribution in [0.5, 0.6) is 5.75 Å². The number of pyridine rings is 1. The van der Waals surface area contributed by atoms with E-state index in [1.807, 2.05) is 37.3 Å². The van der Waals surface area contributed by atoms with Crippen molar-refractivity contribution >= 4 is 29.3 Å². The summed E-state index contributed by atoms with van der Waals surface area (Å²) in [5.74, 6) is 0.904. The van der Waals surface area contributed by atoms with Crippen LogP contribution in [0.15, 0.2) is 47.6 Å². The summed E-state index contributed by atoms with van der Waals surface area (Å²) in [6.45, 7) is 3.12. The number of rotatable bonds is 7. The second-order valence-electron chi connectivity index (χ2n) is 5.77. The minimum atomic E-state index is -0.175. The molecule has 0 fully saturated rings. The summed E-state index contributed by atoms with van der Waals surface area (Å²) in [6, 6.07) is 11.4. The highest BCUT2D eigenvalue weighted by Crippen LogP contribution is 2.32. The van der Waals surface area contributed by atoms with Gasteiger partial charge < -0.3 is 10.1 Å². The molecule has 3 rings (SSSR count). The molecule has 7 heteroatoms. The number of carbonyl (C=O) groups excluding carboxylic acids is 2. The molecule has 1 aliphatic rings. The van der Waals surface area contributed by atoms with Crippen LogP contribution in [0.25, 0.3) is 0 Å². The molecule has 1 aromatic carbocycles. The summed E-state index contributed by atoms with van der Waals surface area (Å²) < 4.78 is 5.41. The number of hydrogen-bond donors (Lipinski definition) is 1. The number of benzene rings is 1. The van der Waals surface area contributed by atoms with Crippen LogP contribution in [0.3, 0.4) is 0 Å². The number of ether oxygens (including phenoxy) is 1. The lowest BCUT2D eigenvalue weighted by Gasteiger charge is -2.27. The smallest absolute Gasteiger partial charge is 0.240 e. The van der Waals surface area contributed by atoms with Gasteiger partial charge in [-0.05, 0) is 43.2 Å². The van der Waals surface area contributed by atoms with Gasteiger partial charge >= 0.3 is 0 Å². The lowest BCUT2D eigenvalue weighted by atomic mass is 10.1. The molecule has 2 aromatic rings. The van der Waals surface area contributed by atoms with Gasteiger partial charge in [-0.25, -0.2) is 4.98 Å². The highest BCUT2D eigenvalue weighted by molar-refractivity contribution is 8.00. The van der Waals surface area contributed by atoms with Crippen molar-refractivity contribution in [2.45, 2.75) is 18.4 Å². The number of fused-ring (bicyclic) bond motifs is 1. The first-order valence-corrected chi connectivity index (χ1v) is 9.52. The molecule has 136 valence electrons. The van der Waals surface area contributed by atoms with Gasteiger partial charge in [-0.2, -0.15) is 0 Å². The Balaban J connectivity index is 1.50. The van der Waals surface area contributed by atoms with E-state index in [9.17, 15) is 9.59 Å². The molecule has 1 N–H and O–H groups in total. The van der Waals surface area contributed by atoms with Crippen LogP contribution in [0.1, 0.15) is 12.5 Å². The maximum Gasteiger partial charge on any atom is 0.240 e. The molecule has 6 nitrogen and oxygen atoms in total. The maximum absolute atomic E-state index is 12.2. The van der Waals surface area contributed by atoms with Crippen LogP contribution in [0, 0.1) is 0 Å². The molecule has 1 aliphatic heterocycles. The zero-order chi connectivity index (χ0) is 18.4. The average molecular weight is 371 g/mol. The molecule has 26 heavy (non-hydrogen) atoms. The fourth-order valence-electron chi connectivity index (χ4n) is 2.68. The van der Waals surface area contributed by atoms with Gasteiger partial charge in [0.25, 0.3) is 0 Å². The summed E-state index contributed by atoms with van der Waals surface area (Å²) in [6.07, 6.45) is 2.41. The van der Waals surface area contributed by atoms with Crippen molar-refractivity contribution in [3.8, 4) is 5.75 Å². The van der Waals surface area contributed by atoms with E-state index in [4.69, 9.17) is 4.74 Å². The van der Waals surface area contributed by atoms with Crippen LogP contribution >= 0.6 is 11.8 Å². The number of amides is 2. The van der Waals surface area contributed by atoms with E-state index in [-0.39, 0.29) is 18.4 Å². The highest BCUT2D eigenvalue weighted by atomic mass is 32.2. The molecule has 0 radical (unpaired) electrons. The average Bonchev–Trinajstić information content (AvgIpc) is 2.66. The van der Waals surface area contributed by atoms with E-state index in [0.717, 1.165) is 22.8 Å². The van der Waals surface area contributed by atoms with Crippen molar-refractivity contribution in [1.82, 2.24) is 10.3 Å². The van der Waals surface area contributed by atoms with E-state index < -0.39 is 0 Å². The highest BCUT2D eigenvalue weighted by Gasteiger charge is 2.26. The SMILES string of the molecule is CCOc1ccc(CCNC(=O)CN2C(=O)CSc3ncccc32)cc1. The third kappa shape index (κ3) is 4.54. The van der Waals surface area contributed by atoms with Crippen molar-refractivity contribution in [3.63, 3.8) is 0 Å². The summed E-state index contributed by atoms with van der Waals surface area (Å²) >= 11 is 1.40. The third-order valence-electron chi connectivity index (χ3n) is 3.95. The number of anilines is 1. The number of carbonyl (C=O) groups is 2. The van der Waals surface area contributed by atoms with Crippen LogP contribution in [0.4, 0.5) is 5.69 Å². The molecule has 0 unspecified atom stereocenters. The zero-order valence-electron chi connectivity index (χ0n) is 14.6. The largest absolute Gasteiger partial charge is 0.494 e. The minimum Gasteiger partial charge on any atom is -0.494 e. The Hall–Kier alpha value is -2.54. The normalized spacial score (nSPS) is 13.3. The molecule has 0 saturated heterocycles. The molecule has 0 bridgehead atoms. The first kappa shape index (κ1) is 18.3. The lowest BCUT2D eigenvalue weighted by Crippen LogP contribution is -2.43. The van der Waals surface area contributed by atoms with E-state index in [2.05, 4.69) is 10.3 Å². The second kappa shape index (κ2) is 8.71. The maximum atomic E-state index is 12.2. The summed E-state index contributed by atoms with van der Waals surface area (Å²) in [7, 11) is 0. The fraction of sp³-hybridized carbons (Fsp3) is 0.316. The lowest BCUT2D eigenvalue weighted by molar-refractivity contribution is -0.122. The van der Waals surface area contributed by atoms with Gasteiger partial charge in [0.15, 0.2) is 0 Å². The van der Waals surface area contributed by atoms with Crippen LogP contribution < -0.4 is 15.0 Å². The molecule has 0 saturated carbocycles. The quantitative estimate of drug-likeness (QED) is 0.808. The van der Waals surface area contributed by atoms with Gasteiger partial charge in [0, 0.05) is 12.7 Å². The van der Waals surface area contributed by atoms with Gasteiger partial charge in [0.1, 0.15) is 17.3 Å². The van der Waals surface area contributed by atoms with Gasteiger partial charge in [0.2, 0.25) is 11.8 Å². The first-order chi connectivity index (χ1) is 12.7. The van der Waals surface area contributed by atoms with Crippen molar-refractivity contribution < 1.29 is 14.3 Å². The molecule has 2 heterocycles. The Labute approximate surface area is 156 Å². The minimum absolute atomic E-state index is 0.0152. The number of aromatic nitrogens is 1. The van der Waals surface area contributed by atoms with Gasteiger partial charge in [0.05, 0.1) is 18.0 Å². The van der Waals surface area contributed by atoms with Crippen molar-refractivity contribution in [2.24, 2.45) is 0 Å². The Morgan fingerprint density at radius 2 is 2.12 bits per heavy atom. The van der Waals surface area contributed by atoms with E-state index in [0.29, 0.717) is 24.6 Å². The molecule has 0 aliphatic carbocycles. The fourth-order valence-corrected chi connectivity index (χ4v) is 3.56. The standard InChI is InChI=1S/C19H21N3O3S/c1-2-25-15-7-5-14(6-8-15)9-11-20-17(23)12-22-16-4-3-10-21-19(16)26-13-18(22)24/h3-8,10H,2,9,11-13H2,1H3,(H,20,23).